The smallest absolute Gasteiger partial charge is 0.228 e. The number of carbonyl (C=O) groups excluding carboxylic acids is 1. The van der Waals surface area contributed by atoms with Gasteiger partial charge in [-0.2, -0.15) is 0 Å². The number of benzene rings is 1. The van der Waals surface area contributed by atoms with Gasteiger partial charge in [-0.3, -0.25) is 4.79 Å². The van der Waals surface area contributed by atoms with Crippen LogP contribution in [0.3, 0.4) is 0 Å². The molecule has 0 aromatic heterocycles. The predicted molar refractivity (Wildman–Crippen MR) is 67.3 cm³/mol. The quantitative estimate of drug-likeness (QED) is 0.786. The molecule has 1 fully saturated rings. The van der Waals surface area contributed by atoms with E-state index in [4.69, 9.17) is 16.3 Å². The Balaban J connectivity index is 2.30. The second kappa shape index (κ2) is 4.63. The van der Waals surface area contributed by atoms with Gasteiger partial charge in [0.15, 0.2) is 0 Å². The van der Waals surface area contributed by atoms with Crippen LogP contribution in [-0.2, 0) is 4.79 Å². The molecule has 1 aliphatic rings. The molecule has 0 bridgehead atoms. The lowest BCUT2D eigenvalue weighted by molar-refractivity contribution is -0.117. The highest BCUT2D eigenvalue weighted by molar-refractivity contribution is 9.10. The third kappa shape index (κ3) is 2.18. The molecule has 0 N–H and O–H groups in total. The number of carbonyl (C=O) groups is 1. The fourth-order valence-electron chi connectivity index (χ4n) is 1.73. The molecule has 2 rings (SSSR count). The molecule has 3 nitrogen and oxygen atoms in total. The third-order valence-corrected chi connectivity index (χ3v) is 3.45. The number of methoxy groups -OCH3 is 1. The van der Waals surface area contributed by atoms with Crippen LogP contribution >= 0.6 is 27.5 Å². The van der Waals surface area contributed by atoms with Crippen LogP contribution in [0, 0.1) is 0 Å². The first-order chi connectivity index (χ1) is 7.61. The number of amides is 1. The van der Waals surface area contributed by atoms with Gasteiger partial charge in [-0.1, -0.05) is 0 Å². The maximum Gasteiger partial charge on any atom is 0.228 e. The zero-order valence-electron chi connectivity index (χ0n) is 8.74. The predicted octanol–water partition coefficient (Wildman–Crippen LogP) is 2.80. The average molecular weight is 305 g/mol. The number of rotatable bonds is 2. The SMILES string of the molecule is COc1ccc(N2CC(Cl)CC2=O)c(Br)c1. The Labute approximate surface area is 107 Å². The molecule has 0 saturated carbocycles. The van der Waals surface area contributed by atoms with Crippen molar-refractivity contribution in [1.29, 1.82) is 0 Å². The molecule has 1 saturated heterocycles. The van der Waals surface area contributed by atoms with Gasteiger partial charge in [-0.05, 0) is 34.1 Å². The average Bonchev–Trinajstić information content (AvgIpc) is 2.57. The summed E-state index contributed by atoms with van der Waals surface area (Å²) in [6, 6.07) is 5.52. The summed E-state index contributed by atoms with van der Waals surface area (Å²) >= 11 is 9.39. The Morgan fingerprint density at radius 1 is 1.56 bits per heavy atom. The number of alkyl halides is 1. The van der Waals surface area contributed by atoms with Gasteiger partial charge < -0.3 is 9.64 Å². The van der Waals surface area contributed by atoms with Gasteiger partial charge >= 0.3 is 0 Å². The van der Waals surface area contributed by atoms with Gasteiger partial charge in [0.1, 0.15) is 5.75 Å². The van der Waals surface area contributed by atoms with Crippen LogP contribution in [0.4, 0.5) is 5.69 Å². The Hall–Kier alpha value is -0.740. The van der Waals surface area contributed by atoms with Gasteiger partial charge in [-0.25, -0.2) is 0 Å². The second-order valence-corrected chi connectivity index (χ2v) is 5.09. The van der Waals surface area contributed by atoms with E-state index in [1.54, 1.807) is 12.0 Å². The third-order valence-electron chi connectivity index (χ3n) is 2.52. The van der Waals surface area contributed by atoms with E-state index in [1.807, 2.05) is 18.2 Å². The van der Waals surface area contributed by atoms with Gasteiger partial charge in [0.2, 0.25) is 5.91 Å². The van der Waals surface area contributed by atoms with Crippen LogP contribution in [0.25, 0.3) is 0 Å². The lowest BCUT2D eigenvalue weighted by atomic mass is 10.3. The summed E-state index contributed by atoms with van der Waals surface area (Å²) in [5.41, 5.74) is 0.842. The number of halogens is 2. The maximum absolute atomic E-state index is 11.7. The van der Waals surface area contributed by atoms with Crippen molar-refractivity contribution in [3.63, 3.8) is 0 Å². The Morgan fingerprint density at radius 3 is 2.81 bits per heavy atom. The Morgan fingerprint density at radius 2 is 2.31 bits per heavy atom. The van der Waals surface area contributed by atoms with E-state index in [1.165, 1.54) is 0 Å². The first kappa shape index (κ1) is 11.7. The zero-order valence-corrected chi connectivity index (χ0v) is 11.1. The molecule has 1 amide bonds. The van der Waals surface area contributed by atoms with Crippen LogP contribution in [0.5, 0.6) is 5.75 Å². The topological polar surface area (TPSA) is 29.5 Å². The highest BCUT2D eigenvalue weighted by atomic mass is 79.9. The van der Waals surface area contributed by atoms with E-state index in [0.717, 1.165) is 15.9 Å². The maximum atomic E-state index is 11.7. The number of anilines is 1. The van der Waals surface area contributed by atoms with Gasteiger partial charge in [0.05, 0.1) is 18.2 Å². The molecule has 5 heteroatoms. The van der Waals surface area contributed by atoms with E-state index >= 15 is 0 Å². The Kier molecular flexibility index (Phi) is 3.40. The van der Waals surface area contributed by atoms with E-state index in [9.17, 15) is 4.79 Å². The molecule has 86 valence electrons. The zero-order chi connectivity index (χ0) is 11.7. The molecular formula is C11H11BrClNO2. The summed E-state index contributed by atoms with van der Waals surface area (Å²) in [5.74, 6) is 0.815. The minimum Gasteiger partial charge on any atom is -0.497 e. The molecular weight excluding hydrogens is 293 g/mol. The highest BCUT2D eigenvalue weighted by Gasteiger charge is 2.30. The number of ether oxygens (including phenoxy) is 1. The van der Waals surface area contributed by atoms with Crippen molar-refractivity contribution in [2.24, 2.45) is 0 Å². The highest BCUT2D eigenvalue weighted by Crippen LogP contribution is 2.33. The monoisotopic (exact) mass is 303 g/mol. The molecule has 0 radical (unpaired) electrons. The van der Waals surface area contributed by atoms with E-state index in [0.29, 0.717) is 13.0 Å². The van der Waals surface area contributed by atoms with Crippen molar-refractivity contribution < 1.29 is 9.53 Å². The first-order valence-corrected chi connectivity index (χ1v) is 6.12. The van der Waals surface area contributed by atoms with Gasteiger partial charge in [0, 0.05) is 17.4 Å². The van der Waals surface area contributed by atoms with Crippen LogP contribution in [0.15, 0.2) is 22.7 Å². The van der Waals surface area contributed by atoms with E-state index in [2.05, 4.69) is 15.9 Å². The van der Waals surface area contributed by atoms with Crippen LogP contribution < -0.4 is 9.64 Å². The van der Waals surface area contributed by atoms with Crippen LogP contribution in [0.2, 0.25) is 0 Å². The first-order valence-electron chi connectivity index (χ1n) is 4.90. The van der Waals surface area contributed by atoms with Crippen molar-refractivity contribution in [1.82, 2.24) is 0 Å². The lowest BCUT2D eigenvalue weighted by Gasteiger charge is -2.18. The largest absolute Gasteiger partial charge is 0.497 e. The summed E-state index contributed by atoms with van der Waals surface area (Å²) in [5, 5.41) is -0.0958. The standard InChI is InChI=1S/C11H11BrClNO2/c1-16-8-2-3-10(9(12)5-8)14-6-7(13)4-11(14)15/h2-3,5,7H,4,6H2,1H3. The summed E-state index contributed by atoms with van der Waals surface area (Å²) in [7, 11) is 1.61. The minimum absolute atomic E-state index is 0.0610. The molecule has 1 heterocycles. The number of hydrogen-bond acceptors (Lipinski definition) is 2. The van der Waals surface area contributed by atoms with E-state index < -0.39 is 0 Å². The van der Waals surface area contributed by atoms with Gasteiger partial charge in [0.25, 0.3) is 0 Å². The lowest BCUT2D eigenvalue weighted by Crippen LogP contribution is -2.24. The van der Waals surface area contributed by atoms with Gasteiger partial charge in [-0.15, -0.1) is 11.6 Å². The molecule has 1 aromatic carbocycles. The number of hydrogen-bond donors (Lipinski definition) is 0. The molecule has 1 unspecified atom stereocenters. The molecule has 16 heavy (non-hydrogen) atoms. The fourth-order valence-corrected chi connectivity index (χ4v) is 2.57. The molecule has 0 spiro atoms. The summed E-state index contributed by atoms with van der Waals surface area (Å²) in [6.45, 7) is 0.561. The summed E-state index contributed by atoms with van der Waals surface area (Å²) in [4.78, 5) is 13.4. The normalized spacial score (nSPS) is 20.3. The minimum atomic E-state index is -0.0958. The van der Waals surface area contributed by atoms with Crippen molar-refractivity contribution in [2.45, 2.75) is 11.8 Å². The molecule has 1 atom stereocenters. The van der Waals surface area contributed by atoms with Crippen LogP contribution in [0.1, 0.15) is 6.42 Å². The van der Waals surface area contributed by atoms with Crippen molar-refractivity contribution in [3.05, 3.63) is 22.7 Å². The van der Waals surface area contributed by atoms with Crippen molar-refractivity contribution in [3.8, 4) is 5.75 Å². The molecule has 1 aromatic rings. The van der Waals surface area contributed by atoms with Crippen molar-refractivity contribution in [2.75, 3.05) is 18.6 Å². The fraction of sp³-hybridized carbons (Fsp3) is 0.364. The van der Waals surface area contributed by atoms with Crippen molar-refractivity contribution >= 4 is 39.1 Å². The summed E-state index contributed by atoms with van der Waals surface area (Å²) < 4.78 is 5.94. The van der Waals surface area contributed by atoms with E-state index in [-0.39, 0.29) is 11.3 Å². The number of nitrogens with zero attached hydrogens (tertiary/aromatic N) is 1. The van der Waals surface area contributed by atoms with Crippen LogP contribution in [-0.4, -0.2) is 24.9 Å². The molecule has 1 aliphatic heterocycles. The molecule has 0 aliphatic carbocycles. The Bertz CT molecular complexity index is 424. The summed E-state index contributed by atoms with van der Waals surface area (Å²) in [6.07, 6.45) is 0.403. The second-order valence-electron chi connectivity index (χ2n) is 3.62.